The fraction of sp³-hybridized carbons (Fsp3) is 0.778. The molecule has 0 spiro atoms. The third-order valence-electron chi connectivity index (χ3n) is 4.39. The minimum absolute atomic E-state index is 0.618. The van der Waals surface area contributed by atoms with Crippen LogP contribution >= 0.6 is 23.6 Å². The number of nitrogens with zero attached hydrogens (tertiary/aromatic N) is 4. The van der Waals surface area contributed by atoms with Gasteiger partial charge in [0, 0.05) is 12.8 Å². The summed E-state index contributed by atoms with van der Waals surface area (Å²) in [5, 5.41) is 18.0. The molecule has 0 aliphatic rings. The molecule has 2 heterocycles. The summed E-state index contributed by atoms with van der Waals surface area (Å²) >= 11 is 7.04. The van der Waals surface area contributed by atoms with Crippen molar-refractivity contribution >= 4 is 23.6 Å². The van der Waals surface area contributed by atoms with Gasteiger partial charge in [0.05, 0.1) is 0 Å². The van der Waals surface area contributed by atoms with Crippen LogP contribution in [0.1, 0.15) is 88.9 Å². The molecule has 0 atom stereocenters. The van der Waals surface area contributed by atoms with Crippen LogP contribution < -0.4 is 0 Å². The van der Waals surface area contributed by atoms with Gasteiger partial charge >= 0.3 is 0 Å². The molecule has 0 aliphatic heterocycles. The quantitative estimate of drug-likeness (QED) is 0.351. The van der Waals surface area contributed by atoms with Crippen LogP contribution in [0.25, 0.3) is 5.13 Å². The number of hydrogen-bond donors (Lipinski definition) is 1. The molecular weight excluding hydrogens is 350 g/mol. The molecule has 0 amide bonds. The van der Waals surface area contributed by atoms with Crippen molar-refractivity contribution in [3.8, 4) is 5.13 Å². The van der Waals surface area contributed by atoms with Gasteiger partial charge in [0.15, 0.2) is 0 Å². The van der Waals surface area contributed by atoms with Crippen molar-refractivity contribution in [1.82, 2.24) is 25.0 Å². The monoisotopic (exact) mass is 381 g/mol. The number of aryl methyl sites for hydroxylation is 2. The summed E-state index contributed by atoms with van der Waals surface area (Å²) in [5.74, 6) is 0.975. The zero-order valence-electron chi connectivity index (χ0n) is 15.6. The van der Waals surface area contributed by atoms with Gasteiger partial charge in [-0.15, -0.1) is 10.2 Å². The molecule has 2 aromatic heterocycles. The SMILES string of the molecule is CCCCCCCCc1nnc(-n2c(CCCCCC)n[nH]c2=S)s1. The van der Waals surface area contributed by atoms with Gasteiger partial charge < -0.3 is 0 Å². The summed E-state index contributed by atoms with van der Waals surface area (Å²) in [5.41, 5.74) is 0. The highest BCUT2D eigenvalue weighted by Crippen LogP contribution is 2.20. The van der Waals surface area contributed by atoms with Crippen LogP contribution in [0, 0.1) is 4.77 Å². The van der Waals surface area contributed by atoms with Gasteiger partial charge in [-0.1, -0.05) is 76.6 Å². The van der Waals surface area contributed by atoms with E-state index >= 15 is 0 Å². The van der Waals surface area contributed by atoms with Crippen LogP contribution in [0.5, 0.6) is 0 Å². The summed E-state index contributed by atoms with van der Waals surface area (Å²) < 4.78 is 2.58. The standard InChI is InChI=1S/C18H31N5S2/c1-3-5-7-9-10-12-14-16-20-22-18(25-16)23-15(19-21-17(23)24)13-11-8-6-4-2/h3-14H2,1-2H3,(H,21,24). The molecule has 0 saturated carbocycles. The van der Waals surface area contributed by atoms with E-state index in [0.717, 1.165) is 35.2 Å². The Labute approximate surface area is 160 Å². The van der Waals surface area contributed by atoms with Crippen LogP contribution in [0.15, 0.2) is 0 Å². The third kappa shape index (κ3) is 6.62. The summed E-state index contributed by atoms with van der Waals surface area (Å²) in [6.45, 7) is 4.48. The van der Waals surface area contributed by atoms with E-state index in [2.05, 4.69) is 34.2 Å². The zero-order chi connectivity index (χ0) is 17.9. The summed E-state index contributed by atoms with van der Waals surface area (Å²) in [7, 11) is 0. The molecule has 0 saturated heterocycles. The number of hydrogen-bond acceptors (Lipinski definition) is 5. The summed E-state index contributed by atoms with van der Waals surface area (Å²) in [6, 6.07) is 0. The first-order chi connectivity index (χ1) is 12.3. The Kier molecular flexibility index (Phi) is 9.32. The van der Waals surface area contributed by atoms with Gasteiger partial charge in [-0.2, -0.15) is 5.10 Å². The van der Waals surface area contributed by atoms with Crippen molar-refractivity contribution in [1.29, 1.82) is 0 Å². The molecule has 2 rings (SSSR count). The van der Waals surface area contributed by atoms with Gasteiger partial charge in [-0.05, 0) is 25.1 Å². The molecule has 7 heteroatoms. The van der Waals surface area contributed by atoms with Gasteiger partial charge in [0.2, 0.25) is 9.90 Å². The Bertz CT molecular complexity index is 658. The molecule has 0 fully saturated rings. The number of nitrogens with one attached hydrogen (secondary N) is 1. The number of aromatic amines is 1. The largest absolute Gasteiger partial charge is 0.251 e. The Hall–Kier alpha value is -1.08. The molecule has 5 nitrogen and oxygen atoms in total. The second-order valence-corrected chi connectivity index (χ2v) is 8.01. The zero-order valence-corrected chi connectivity index (χ0v) is 17.2. The van der Waals surface area contributed by atoms with Crippen molar-refractivity contribution in [2.75, 3.05) is 0 Å². The molecule has 25 heavy (non-hydrogen) atoms. The van der Waals surface area contributed by atoms with Crippen molar-refractivity contribution in [3.63, 3.8) is 0 Å². The second kappa shape index (κ2) is 11.5. The van der Waals surface area contributed by atoms with Crippen LogP contribution in [-0.2, 0) is 12.8 Å². The van der Waals surface area contributed by atoms with Crippen molar-refractivity contribution in [3.05, 3.63) is 15.6 Å². The smallest absolute Gasteiger partial charge is 0.220 e. The number of unbranched alkanes of at least 4 members (excludes halogenated alkanes) is 8. The minimum Gasteiger partial charge on any atom is -0.251 e. The lowest BCUT2D eigenvalue weighted by Gasteiger charge is -2.02. The summed E-state index contributed by atoms with van der Waals surface area (Å²) in [4.78, 5) is 0. The van der Waals surface area contributed by atoms with Gasteiger partial charge in [0.25, 0.3) is 0 Å². The van der Waals surface area contributed by atoms with Crippen LogP contribution in [0.3, 0.4) is 0 Å². The first-order valence-corrected chi connectivity index (χ1v) is 11.0. The average molecular weight is 382 g/mol. The maximum atomic E-state index is 5.40. The van der Waals surface area contributed by atoms with E-state index in [0.29, 0.717) is 4.77 Å². The summed E-state index contributed by atoms with van der Waals surface area (Å²) in [6.07, 6.45) is 14.6. The maximum absolute atomic E-state index is 5.40. The van der Waals surface area contributed by atoms with Crippen molar-refractivity contribution in [2.45, 2.75) is 90.9 Å². The Balaban J connectivity index is 1.88. The van der Waals surface area contributed by atoms with E-state index in [4.69, 9.17) is 12.2 Å². The maximum Gasteiger partial charge on any atom is 0.220 e. The van der Waals surface area contributed by atoms with E-state index in [1.54, 1.807) is 11.3 Å². The average Bonchev–Trinajstić information content (AvgIpc) is 3.21. The number of aromatic nitrogens is 5. The van der Waals surface area contributed by atoms with Gasteiger partial charge in [0.1, 0.15) is 10.8 Å². The topological polar surface area (TPSA) is 59.4 Å². The van der Waals surface area contributed by atoms with E-state index in [1.807, 2.05) is 4.57 Å². The fourth-order valence-corrected chi connectivity index (χ4v) is 4.10. The Morgan fingerprint density at radius 2 is 1.52 bits per heavy atom. The molecule has 0 aliphatic carbocycles. The van der Waals surface area contributed by atoms with E-state index < -0.39 is 0 Å². The number of rotatable bonds is 13. The normalized spacial score (nSPS) is 11.3. The van der Waals surface area contributed by atoms with Gasteiger partial charge in [-0.3, -0.25) is 5.10 Å². The van der Waals surface area contributed by atoms with E-state index in [1.165, 1.54) is 57.8 Å². The lowest BCUT2D eigenvalue weighted by molar-refractivity contribution is 0.606. The first-order valence-electron chi connectivity index (χ1n) is 9.75. The first kappa shape index (κ1) is 20.2. The van der Waals surface area contributed by atoms with E-state index in [9.17, 15) is 0 Å². The van der Waals surface area contributed by atoms with Crippen molar-refractivity contribution < 1.29 is 0 Å². The molecule has 0 radical (unpaired) electrons. The van der Waals surface area contributed by atoms with Crippen LogP contribution in [0.4, 0.5) is 0 Å². The molecule has 1 N–H and O–H groups in total. The van der Waals surface area contributed by atoms with Crippen molar-refractivity contribution in [2.24, 2.45) is 0 Å². The number of H-pyrrole nitrogens is 1. The fourth-order valence-electron chi connectivity index (χ4n) is 2.90. The lowest BCUT2D eigenvalue weighted by Crippen LogP contribution is -2.01. The highest BCUT2D eigenvalue weighted by Gasteiger charge is 2.13. The Morgan fingerprint density at radius 1 is 0.880 bits per heavy atom. The molecule has 0 aromatic carbocycles. The van der Waals surface area contributed by atoms with Gasteiger partial charge in [-0.25, -0.2) is 4.57 Å². The molecule has 0 bridgehead atoms. The van der Waals surface area contributed by atoms with Crippen LogP contribution in [-0.4, -0.2) is 25.0 Å². The Morgan fingerprint density at radius 3 is 2.28 bits per heavy atom. The highest BCUT2D eigenvalue weighted by molar-refractivity contribution is 7.71. The minimum atomic E-state index is 0.618. The second-order valence-electron chi connectivity index (χ2n) is 6.59. The molecule has 0 unspecified atom stereocenters. The lowest BCUT2D eigenvalue weighted by atomic mass is 10.1. The molecular formula is C18H31N5S2. The predicted molar refractivity (Wildman–Crippen MR) is 107 cm³/mol. The van der Waals surface area contributed by atoms with E-state index in [-0.39, 0.29) is 0 Å². The third-order valence-corrected chi connectivity index (χ3v) is 5.63. The molecule has 140 valence electrons. The predicted octanol–water partition coefficient (Wildman–Crippen LogP) is 5.81. The molecule has 2 aromatic rings. The van der Waals surface area contributed by atoms with Crippen LogP contribution in [0.2, 0.25) is 0 Å². The highest BCUT2D eigenvalue weighted by atomic mass is 32.1.